The minimum Gasteiger partial charge on any atom is -0.358 e. The largest absolute Gasteiger partial charge is 0.358 e. The van der Waals surface area contributed by atoms with Crippen LogP contribution < -0.4 is 21.5 Å². The van der Waals surface area contributed by atoms with E-state index in [0.29, 0.717) is 28.7 Å². The standard InChI is InChI=1S/C13H24N4S2/c1-4-8-14-12(18)16-17-13(19)15-11-7-5-6-9(2)10(11)3/h4,9-11H,1,5-8H2,2-3H3,(H2,14,16,18)(H2,15,17,19)/t9-,10-,11-/m1/s1. The second-order valence-electron chi connectivity index (χ2n) is 5.10. The van der Waals surface area contributed by atoms with Gasteiger partial charge in [0.2, 0.25) is 0 Å². The topological polar surface area (TPSA) is 48.1 Å². The molecule has 0 amide bonds. The van der Waals surface area contributed by atoms with E-state index in [1.807, 2.05) is 0 Å². The Balaban J connectivity index is 2.26. The van der Waals surface area contributed by atoms with Crippen LogP contribution in [0.25, 0.3) is 0 Å². The normalized spacial score (nSPS) is 26.1. The first-order valence-electron chi connectivity index (χ1n) is 6.75. The molecule has 108 valence electrons. The molecule has 1 rings (SSSR count). The molecular weight excluding hydrogens is 276 g/mol. The van der Waals surface area contributed by atoms with Gasteiger partial charge in [0.15, 0.2) is 10.2 Å². The molecule has 0 aromatic carbocycles. The van der Waals surface area contributed by atoms with Crippen LogP contribution in [0.15, 0.2) is 12.7 Å². The van der Waals surface area contributed by atoms with E-state index in [1.54, 1.807) is 6.08 Å². The fraction of sp³-hybridized carbons (Fsp3) is 0.692. The summed E-state index contributed by atoms with van der Waals surface area (Å²) >= 11 is 10.3. The molecule has 0 unspecified atom stereocenters. The summed E-state index contributed by atoms with van der Waals surface area (Å²) in [5, 5.41) is 7.42. The molecule has 0 heterocycles. The number of hydrogen-bond donors (Lipinski definition) is 4. The molecule has 1 aliphatic carbocycles. The summed E-state index contributed by atoms with van der Waals surface area (Å²) in [7, 11) is 0. The van der Waals surface area contributed by atoms with Crippen molar-refractivity contribution in [3.05, 3.63) is 12.7 Å². The first-order valence-corrected chi connectivity index (χ1v) is 7.57. The summed E-state index contributed by atoms with van der Waals surface area (Å²) in [5.41, 5.74) is 5.76. The van der Waals surface area contributed by atoms with Crippen molar-refractivity contribution < 1.29 is 0 Å². The van der Waals surface area contributed by atoms with Crippen molar-refractivity contribution in [2.24, 2.45) is 11.8 Å². The van der Waals surface area contributed by atoms with Crippen LogP contribution >= 0.6 is 24.4 Å². The molecule has 0 bridgehead atoms. The van der Waals surface area contributed by atoms with Gasteiger partial charge in [-0.05, 0) is 42.7 Å². The Kier molecular flexibility index (Phi) is 7.09. The van der Waals surface area contributed by atoms with E-state index >= 15 is 0 Å². The molecule has 0 radical (unpaired) electrons. The number of nitrogens with one attached hydrogen (secondary N) is 4. The summed E-state index contributed by atoms with van der Waals surface area (Å²) in [5.74, 6) is 1.39. The molecular formula is C13H24N4S2. The highest BCUT2D eigenvalue weighted by Crippen LogP contribution is 2.29. The van der Waals surface area contributed by atoms with Crippen molar-refractivity contribution >= 4 is 34.7 Å². The van der Waals surface area contributed by atoms with Gasteiger partial charge in [0, 0.05) is 12.6 Å². The molecule has 3 atom stereocenters. The average molecular weight is 300 g/mol. The monoisotopic (exact) mass is 300 g/mol. The highest BCUT2D eigenvalue weighted by Gasteiger charge is 2.27. The van der Waals surface area contributed by atoms with E-state index in [1.165, 1.54) is 19.3 Å². The zero-order valence-corrected chi connectivity index (χ0v) is 13.3. The maximum atomic E-state index is 5.27. The molecule has 4 nitrogen and oxygen atoms in total. The third-order valence-electron chi connectivity index (χ3n) is 3.72. The van der Waals surface area contributed by atoms with Gasteiger partial charge in [0.05, 0.1) is 0 Å². The van der Waals surface area contributed by atoms with Gasteiger partial charge in [-0.3, -0.25) is 10.9 Å². The van der Waals surface area contributed by atoms with Crippen LogP contribution in [-0.4, -0.2) is 22.8 Å². The predicted molar refractivity (Wildman–Crippen MR) is 88.8 cm³/mol. The fourth-order valence-corrected chi connectivity index (χ4v) is 2.65. The van der Waals surface area contributed by atoms with Crippen LogP contribution in [0.1, 0.15) is 33.1 Å². The van der Waals surface area contributed by atoms with Crippen molar-refractivity contribution in [1.82, 2.24) is 21.5 Å². The zero-order chi connectivity index (χ0) is 14.3. The van der Waals surface area contributed by atoms with E-state index < -0.39 is 0 Å². The summed E-state index contributed by atoms with van der Waals surface area (Å²) in [6.07, 6.45) is 5.49. The van der Waals surface area contributed by atoms with E-state index in [4.69, 9.17) is 24.4 Å². The van der Waals surface area contributed by atoms with Crippen LogP contribution in [0, 0.1) is 11.8 Å². The molecule has 4 N–H and O–H groups in total. The van der Waals surface area contributed by atoms with Gasteiger partial charge in [0.25, 0.3) is 0 Å². The maximum absolute atomic E-state index is 5.27. The van der Waals surface area contributed by atoms with Crippen molar-refractivity contribution in [1.29, 1.82) is 0 Å². The third kappa shape index (κ3) is 5.74. The number of rotatable bonds is 3. The van der Waals surface area contributed by atoms with Gasteiger partial charge < -0.3 is 10.6 Å². The van der Waals surface area contributed by atoms with E-state index in [2.05, 4.69) is 41.9 Å². The Morgan fingerprint density at radius 1 is 1.21 bits per heavy atom. The highest BCUT2D eigenvalue weighted by atomic mass is 32.1. The molecule has 0 aliphatic heterocycles. The first-order chi connectivity index (χ1) is 9.04. The lowest BCUT2D eigenvalue weighted by atomic mass is 9.78. The molecule has 6 heteroatoms. The van der Waals surface area contributed by atoms with Gasteiger partial charge in [-0.15, -0.1) is 6.58 Å². The second kappa shape index (κ2) is 8.32. The Labute approximate surface area is 126 Å². The van der Waals surface area contributed by atoms with Crippen LogP contribution in [0.2, 0.25) is 0 Å². The average Bonchev–Trinajstić information content (AvgIpc) is 2.39. The van der Waals surface area contributed by atoms with Crippen LogP contribution in [-0.2, 0) is 0 Å². The van der Waals surface area contributed by atoms with E-state index in [-0.39, 0.29) is 0 Å². The molecule has 19 heavy (non-hydrogen) atoms. The van der Waals surface area contributed by atoms with Gasteiger partial charge >= 0.3 is 0 Å². The van der Waals surface area contributed by atoms with Crippen molar-refractivity contribution in [2.45, 2.75) is 39.2 Å². The quantitative estimate of drug-likeness (QED) is 0.362. The summed E-state index contributed by atoms with van der Waals surface area (Å²) in [6, 6.07) is 0.445. The third-order valence-corrected chi connectivity index (χ3v) is 4.19. The van der Waals surface area contributed by atoms with E-state index in [9.17, 15) is 0 Å². The summed E-state index contributed by atoms with van der Waals surface area (Å²) in [6.45, 7) is 8.83. The van der Waals surface area contributed by atoms with Crippen molar-refractivity contribution in [2.75, 3.05) is 6.54 Å². The molecule has 1 fully saturated rings. The van der Waals surface area contributed by atoms with Gasteiger partial charge in [0.1, 0.15) is 0 Å². The van der Waals surface area contributed by atoms with Gasteiger partial charge in [-0.25, -0.2) is 0 Å². The van der Waals surface area contributed by atoms with E-state index in [0.717, 1.165) is 5.92 Å². The number of hydrazine groups is 1. The van der Waals surface area contributed by atoms with Gasteiger partial charge in [-0.2, -0.15) is 0 Å². The Morgan fingerprint density at radius 3 is 2.58 bits per heavy atom. The Morgan fingerprint density at radius 2 is 1.89 bits per heavy atom. The SMILES string of the molecule is C=CCNC(=S)NNC(=S)N[C@@H]1CCC[C@@H](C)[C@H]1C. The summed E-state index contributed by atoms with van der Waals surface area (Å²) in [4.78, 5) is 0. The molecule has 0 aromatic heterocycles. The van der Waals surface area contributed by atoms with Crippen molar-refractivity contribution in [3.8, 4) is 0 Å². The second-order valence-corrected chi connectivity index (χ2v) is 5.91. The lowest BCUT2D eigenvalue weighted by Crippen LogP contribution is -2.54. The Bertz CT molecular complexity index is 333. The molecule has 0 saturated heterocycles. The minimum absolute atomic E-state index is 0.445. The number of thiocarbonyl (C=S) groups is 2. The summed E-state index contributed by atoms with van der Waals surface area (Å²) < 4.78 is 0. The van der Waals surface area contributed by atoms with Crippen molar-refractivity contribution in [3.63, 3.8) is 0 Å². The van der Waals surface area contributed by atoms with Gasteiger partial charge in [-0.1, -0.05) is 32.8 Å². The van der Waals surface area contributed by atoms with Crippen LogP contribution in [0.3, 0.4) is 0 Å². The zero-order valence-electron chi connectivity index (χ0n) is 11.7. The smallest absolute Gasteiger partial charge is 0.185 e. The number of hydrogen-bond acceptors (Lipinski definition) is 2. The molecule has 1 saturated carbocycles. The predicted octanol–water partition coefficient (Wildman–Crippen LogP) is 1.84. The van der Waals surface area contributed by atoms with Crippen LogP contribution in [0.5, 0.6) is 0 Å². The lowest BCUT2D eigenvalue weighted by Gasteiger charge is -2.35. The minimum atomic E-state index is 0.445. The highest BCUT2D eigenvalue weighted by molar-refractivity contribution is 7.80. The molecule has 1 aliphatic rings. The molecule has 0 spiro atoms. The van der Waals surface area contributed by atoms with Crippen LogP contribution in [0.4, 0.5) is 0 Å². The lowest BCUT2D eigenvalue weighted by molar-refractivity contribution is 0.224. The fourth-order valence-electron chi connectivity index (χ4n) is 2.31. The first kappa shape index (κ1) is 16.2. The molecule has 0 aromatic rings. The Hall–Kier alpha value is -0.880. The maximum Gasteiger partial charge on any atom is 0.185 e.